The van der Waals surface area contributed by atoms with E-state index in [4.69, 9.17) is 26.1 Å². The minimum atomic E-state index is -0.709. The Balaban J connectivity index is 0.000000197. The number of fused-ring (bicyclic) bond motifs is 2. The van der Waals surface area contributed by atoms with Gasteiger partial charge in [-0.3, -0.25) is 29.3 Å². The molecule has 0 radical (unpaired) electrons. The quantitative estimate of drug-likeness (QED) is 0.124. The number of amides is 4. The number of hydrogen-bond donors (Lipinski definition) is 4. The van der Waals surface area contributed by atoms with Crippen LogP contribution in [0.1, 0.15) is 112 Å². The van der Waals surface area contributed by atoms with Crippen LogP contribution in [0.25, 0.3) is 10.9 Å². The molecule has 18 heteroatoms. The largest absolute Gasteiger partial charge is 0.478 e. The van der Waals surface area contributed by atoms with E-state index in [0.29, 0.717) is 45.7 Å². The van der Waals surface area contributed by atoms with E-state index in [2.05, 4.69) is 31.2 Å². The molecule has 1 aliphatic carbocycles. The summed E-state index contributed by atoms with van der Waals surface area (Å²) in [5.74, 6) is -0.342. The van der Waals surface area contributed by atoms with E-state index in [1.807, 2.05) is 32.0 Å². The number of ether oxygens (including phenoxy) is 2. The number of nitrogens with one attached hydrogen (secondary N) is 4. The van der Waals surface area contributed by atoms with Gasteiger partial charge in [-0.15, -0.1) is 0 Å². The van der Waals surface area contributed by atoms with Gasteiger partial charge in [0.15, 0.2) is 18.2 Å². The van der Waals surface area contributed by atoms with E-state index in [0.717, 1.165) is 74.9 Å². The first kappa shape index (κ1) is 45.9. The second-order valence-electron chi connectivity index (χ2n) is 17.5. The monoisotopic (exact) mass is 913 g/mol. The minimum Gasteiger partial charge on any atom is -0.478 e. The number of hydrogen-bond acceptors (Lipinski definition) is 12. The number of rotatable bonds is 12. The highest BCUT2D eigenvalue weighted by atomic mass is 35.5. The lowest BCUT2D eigenvalue weighted by atomic mass is 9.88. The first-order valence-electron chi connectivity index (χ1n) is 22.8. The molecule has 65 heavy (non-hydrogen) atoms. The highest BCUT2D eigenvalue weighted by Crippen LogP contribution is 2.36. The zero-order valence-corrected chi connectivity index (χ0v) is 37.8. The summed E-state index contributed by atoms with van der Waals surface area (Å²) in [7, 11) is 1.53. The zero-order valence-electron chi connectivity index (χ0n) is 37.1. The number of pyridine rings is 1. The summed E-state index contributed by atoms with van der Waals surface area (Å²) < 4.78 is 28.6. The maximum Gasteiger partial charge on any atom is 0.293 e. The molecule has 3 saturated heterocycles. The number of carbonyl (C=O) groups excluding carboxylic acids is 4. The van der Waals surface area contributed by atoms with Crippen LogP contribution in [-0.4, -0.2) is 101 Å². The van der Waals surface area contributed by atoms with Crippen LogP contribution in [0.3, 0.4) is 0 Å². The van der Waals surface area contributed by atoms with Crippen molar-refractivity contribution >= 4 is 63.6 Å². The molecule has 2 aromatic heterocycles. The fraction of sp³-hybridized carbons (Fsp3) is 0.511. The Morgan fingerprint density at radius 2 is 1.75 bits per heavy atom. The normalized spacial score (nSPS) is 19.8. The van der Waals surface area contributed by atoms with Gasteiger partial charge in [-0.1, -0.05) is 24.6 Å². The third kappa shape index (κ3) is 10.1. The molecule has 2 aromatic carbocycles. The van der Waals surface area contributed by atoms with Crippen LogP contribution >= 0.6 is 11.6 Å². The number of halogens is 2. The minimum absolute atomic E-state index is 0.0560. The molecule has 0 bridgehead atoms. The number of benzene rings is 2. The molecule has 0 spiro atoms. The van der Waals surface area contributed by atoms with Gasteiger partial charge in [0, 0.05) is 54.8 Å². The Labute approximate surface area is 382 Å². The third-order valence-electron chi connectivity index (χ3n) is 13.3. The molecular formula is C47H57ClFN9O7. The summed E-state index contributed by atoms with van der Waals surface area (Å²) in [5, 5.41) is 12.6. The molecule has 4 N–H and O–H groups in total. The van der Waals surface area contributed by atoms with Crippen molar-refractivity contribution in [3.05, 3.63) is 80.5 Å². The Hall–Kier alpha value is -5.65. The molecule has 2 unspecified atom stereocenters. The predicted octanol–water partition coefficient (Wildman–Crippen LogP) is 5.88. The maximum atomic E-state index is 15.1. The number of nitrogens with zero attached hydrogens (tertiary/aromatic N) is 5. The second kappa shape index (κ2) is 20.3. The Morgan fingerprint density at radius 3 is 2.45 bits per heavy atom. The van der Waals surface area contributed by atoms with E-state index in [9.17, 15) is 24.0 Å². The fourth-order valence-electron chi connectivity index (χ4n) is 9.11. The summed E-state index contributed by atoms with van der Waals surface area (Å²) in [4.78, 5) is 73.8. The van der Waals surface area contributed by atoms with Gasteiger partial charge in [0.25, 0.3) is 17.4 Å². The standard InChI is InChI=1S/C29H37ClN6O4.C18H20FN3O3/c1-4-18(2)36-24-9-8-20(14-19(24)15-25(28(36)38)39-17-26(37)31-3)33-27-23(30)16-32-29(34-27)35-12-10-22(11-13-35)40-21-6-5-7-21;19-16-11(10-5-7-20-8-6-10)1-2-12-13(16)9-22(18(12)25)14-3-4-15(23)21-17(14)24/h8-9,14-16,18,21-22H,4-7,10-13,17H2,1-3H3,(H,31,37)(H,32,33,34);1-2,10,14,20H,3-9H2,(H,21,23,24). The van der Waals surface area contributed by atoms with Crippen molar-refractivity contribution in [2.45, 2.75) is 115 Å². The van der Waals surface area contributed by atoms with Crippen LogP contribution in [0.2, 0.25) is 5.02 Å². The van der Waals surface area contributed by atoms with Gasteiger partial charge in [-0.05, 0) is 120 Å². The van der Waals surface area contributed by atoms with E-state index in [-0.39, 0.29) is 72.8 Å². The number of aromatic nitrogens is 3. The van der Waals surface area contributed by atoms with Gasteiger partial charge in [0.1, 0.15) is 16.9 Å². The lowest BCUT2D eigenvalue weighted by molar-refractivity contribution is -0.137. The van der Waals surface area contributed by atoms with Crippen LogP contribution in [0.4, 0.5) is 21.8 Å². The molecule has 2 atom stereocenters. The summed E-state index contributed by atoms with van der Waals surface area (Å²) >= 11 is 6.49. The number of carbonyl (C=O) groups is 4. The molecule has 4 aromatic rings. The topological polar surface area (TPSA) is 189 Å². The molecule has 16 nitrogen and oxygen atoms in total. The maximum absolute atomic E-state index is 15.1. The average molecular weight is 914 g/mol. The molecule has 4 aliphatic heterocycles. The van der Waals surface area contributed by atoms with Gasteiger partial charge in [-0.25, -0.2) is 9.37 Å². The van der Waals surface area contributed by atoms with E-state index in [1.165, 1.54) is 31.2 Å². The van der Waals surface area contributed by atoms with Crippen LogP contribution in [0, 0.1) is 5.82 Å². The Morgan fingerprint density at radius 1 is 1.00 bits per heavy atom. The smallest absolute Gasteiger partial charge is 0.293 e. The molecule has 5 aliphatic rings. The van der Waals surface area contributed by atoms with Gasteiger partial charge >= 0.3 is 0 Å². The van der Waals surface area contributed by atoms with Crippen LogP contribution in [0.5, 0.6) is 5.75 Å². The fourth-order valence-corrected chi connectivity index (χ4v) is 9.25. The Kier molecular flexibility index (Phi) is 14.3. The SMILES string of the molecule is CCC(C)n1c(=O)c(OCC(=O)NC)cc2cc(Nc3nc(N4CCC(OC5CCC5)CC4)ncc3Cl)ccc21.O=C1CCC(N2Cc3c(ccc(C4CCNCC4)c3F)C2=O)C(=O)N1. The number of imide groups is 1. The predicted molar refractivity (Wildman–Crippen MR) is 244 cm³/mol. The van der Waals surface area contributed by atoms with Crippen LogP contribution < -0.4 is 36.5 Å². The van der Waals surface area contributed by atoms with E-state index in [1.54, 1.807) is 29.0 Å². The van der Waals surface area contributed by atoms with Crippen molar-refractivity contribution in [2.24, 2.45) is 0 Å². The lowest BCUT2D eigenvalue weighted by Gasteiger charge is -2.36. The van der Waals surface area contributed by atoms with E-state index < -0.39 is 11.9 Å². The molecule has 9 rings (SSSR count). The van der Waals surface area contributed by atoms with Crippen molar-refractivity contribution in [2.75, 3.05) is 50.1 Å². The van der Waals surface area contributed by atoms with Gasteiger partial charge in [-0.2, -0.15) is 4.98 Å². The van der Waals surface area contributed by atoms with Gasteiger partial charge in [0.05, 0.1) is 30.5 Å². The van der Waals surface area contributed by atoms with Crippen molar-refractivity contribution < 1.29 is 33.0 Å². The van der Waals surface area contributed by atoms with Crippen molar-refractivity contribution in [1.29, 1.82) is 0 Å². The van der Waals surface area contributed by atoms with Crippen LogP contribution in [-0.2, 0) is 25.7 Å². The van der Waals surface area contributed by atoms with Gasteiger partial charge < -0.3 is 39.8 Å². The number of piperidine rings is 3. The third-order valence-corrected chi connectivity index (χ3v) is 13.6. The Bertz CT molecular complexity index is 2500. The van der Waals surface area contributed by atoms with Crippen molar-refractivity contribution in [3.63, 3.8) is 0 Å². The molecule has 6 heterocycles. The number of likely N-dealkylation sites (N-methyl/N-ethyl adjacent to an activating group) is 1. The molecule has 1 saturated carbocycles. The van der Waals surface area contributed by atoms with Crippen molar-refractivity contribution in [3.8, 4) is 5.75 Å². The summed E-state index contributed by atoms with van der Waals surface area (Å²) in [5.41, 5.74) is 2.64. The zero-order chi connectivity index (χ0) is 45.8. The van der Waals surface area contributed by atoms with Gasteiger partial charge in [0.2, 0.25) is 17.8 Å². The molecule has 4 amide bonds. The average Bonchev–Trinajstić information content (AvgIpc) is 3.64. The summed E-state index contributed by atoms with van der Waals surface area (Å²) in [6.07, 6.45) is 10.9. The summed E-state index contributed by atoms with van der Waals surface area (Å²) in [6.45, 7) is 7.26. The first-order valence-corrected chi connectivity index (χ1v) is 23.2. The number of anilines is 3. The second-order valence-corrected chi connectivity index (χ2v) is 17.9. The van der Waals surface area contributed by atoms with E-state index >= 15 is 4.39 Å². The van der Waals surface area contributed by atoms with Crippen molar-refractivity contribution in [1.82, 2.24) is 35.4 Å². The first-order chi connectivity index (χ1) is 31.4. The lowest BCUT2D eigenvalue weighted by Crippen LogP contribution is -2.52. The molecule has 346 valence electrons. The summed E-state index contributed by atoms with van der Waals surface area (Å²) in [6, 6.07) is 10.0. The highest BCUT2D eigenvalue weighted by Gasteiger charge is 2.41. The molecular weight excluding hydrogens is 857 g/mol. The molecule has 4 fully saturated rings. The highest BCUT2D eigenvalue weighted by molar-refractivity contribution is 6.33. The van der Waals surface area contributed by atoms with Crippen LogP contribution in [0.15, 0.2) is 47.4 Å².